The van der Waals surface area contributed by atoms with Crippen LogP contribution >= 0.6 is 11.8 Å². The van der Waals surface area contributed by atoms with Crippen LogP contribution in [0.5, 0.6) is 5.75 Å². The number of hydrogen-bond donors (Lipinski definition) is 1. The lowest BCUT2D eigenvalue weighted by molar-refractivity contribution is 0.144. The first-order valence-electron chi connectivity index (χ1n) is 5.82. The maximum atomic E-state index is 13.2. The van der Waals surface area contributed by atoms with Gasteiger partial charge in [-0.15, -0.1) is 0 Å². The predicted molar refractivity (Wildman–Crippen MR) is 74.5 cm³/mol. The van der Waals surface area contributed by atoms with Crippen LogP contribution in [-0.2, 0) is 0 Å². The molecular weight excluding hydrogens is 279 g/mol. The van der Waals surface area contributed by atoms with Crippen LogP contribution in [0.4, 0.5) is 9.18 Å². The molecule has 0 amide bonds. The van der Waals surface area contributed by atoms with Crippen molar-refractivity contribution in [1.82, 2.24) is 0 Å². The number of carboxylic acid groups (broad SMARTS) is 1. The van der Waals surface area contributed by atoms with Crippen LogP contribution in [0, 0.1) is 5.82 Å². The van der Waals surface area contributed by atoms with Gasteiger partial charge in [0.2, 0.25) is 0 Å². The predicted octanol–water partition coefficient (Wildman–Crippen LogP) is 4.52. The molecule has 0 aromatic heterocycles. The molecule has 0 unspecified atom stereocenters. The number of halogens is 1. The lowest BCUT2D eigenvalue weighted by Crippen LogP contribution is -2.02. The van der Waals surface area contributed by atoms with E-state index in [-0.39, 0.29) is 11.6 Å². The molecule has 0 fully saturated rings. The molecule has 0 atom stereocenters. The Balaban J connectivity index is 2.02. The van der Waals surface area contributed by atoms with E-state index in [0.717, 1.165) is 20.9 Å². The molecule has 2 aromatic carbocycles. The minimum absolute atomic E-state index is 0.266. The second-order valence-corrected chi connectivity index (χ2v) is 5.27. The van der Waals surface area contributed by atoms with Gasteiger partial charge in [0.25, 0.3) is 0 Å². The third kappa shape index (κ3) is 2.53. The number of fused-ring (bicyclic) bond motifs is 2. The summed E-state index contributed by atoms with van der Waals surface area (Å²) in [6, 6.07) is 9.62. The lowest BCUT2D eigenvalue weighted by Gasteiger charge is -2.07. The standard InChI is InChI=1S/C15H9FO3S/c16-11-4-6-13-10(7-11)2-1-9-3-5-12(19-15(17)18)8-14(9)20-13/h1-8H,(H,17,18). The molecule has 1 aliphatic rings. The van der Waals surface area contributed by atoms with Crippen LogP contribution < -0.4 is 4.74 Å². The Morgan fingerprint density at radius 3 is 2.65 bits per heavy atom. The molecule has 3 nitrogen and oxygen atoms in total. The van der Waals surface area contributed by atoms with Crippen molar-refractivity contribution in [2.24, 2.45) is 0 Å². The third-order valence-electron chi connectivity index (χ3n) is 2.82. The zero-order chi connectivity index (χ0) is 14.1. The summed E-state index contributed by atoms with van der Waals surface area (Å²) in [6.07, 6.45) is 2.37. The molecule has 0 radical (unpaired) electrons. The van der Waals surface area contributed by atoms with Gasteiger partial charge in [0.05, 0.1) is 0 Å². The molecule has 20 heavy (non-hydrogen) atoms. The minimum atomic E-state index is -1.35. The fraction of sp³-hybridized carbons (Fsp3) is 0. The maximum absolute atomic E-state index is 13.2. The average molecular weight is 288 g/mol. The molecule has 100 valence electrons. The van der Waals surface area contributed by atoms with Gasteiger partial charge in [-0.1, -0.05) is 30.0 Å². The zero-order valence-corrected chi connectivity index (χ0v) is 11.0. The van der Waals surface area contributed by atoms with Gasteiger partial charge in [0.1, 0.15) is 11.6 Å². The molecule has 1 heterocycles. The van der Waals surface area contributed by atoms with Crippen molar-refractivity contribution >= 4 is 30.1 Å². The molecule has 3 rings (SSSR count). The van der Waals surface area contributed by atoms with Gasteiger partial charge < -0.3 is 9.84 Å². The summed E-state index contributed by atoms with van der Waals surface area (Å²) in [5.41, 5.74) is 1.73. The van der Waals surface area contributed by atoms with Crippen molar-refractivity contribution in [3.05, 3.63) is 53.3 Å². The Hall–Kier alpha value is -2.27. The second kappa shape index (κ2) is 5.02. The topological polar surface area (TPSA) is 46.5 Å². The molecule has 0 aliphatic carbocycles. The first-order chi connectivity index (χ1) is 9.61. The Morgan fingerprint density at radius 2 is 1.85 bits per heavy atom. The van der Waals surface area contributed by atoms with Crippen molar-refractivity contribution in [2.45, 2.75) is 9.79 Å². The number of rotatable bonds is 1. The van der Waals surface area contributed by atoms with E-state index in [4.69, 9.17) is 5.11 Å². The first kappa shape index (κ1) is 12.7. The number of ether oxygens (including phenoxy) is 1. The fourth-order valence-corrected chi connectivity index (χ4v) is 2.99. The van der Waals surface area contributed by atoms with Crippen LogP contribution in [0.2, 0.25) is 0 Å². The van der Waals surface area contributed by atoms with Crippen molar-refractivity contribution in [1.29, 1.82) is 0 Å². The highest BCUT2D eigenvalue weighted by Gasteiger charge is 2.12. The van der Waals surface area contributed by atoms with Crippen LogP contribution in [0.1, 0.15) is 11.1 Å². The van der Waals surface area contributed by atoms with Crippen molar-refractivity contribution in [3.8, 4) is 5.75 Å². The van der Waals surface area contributed by atoms with Gasteiger partial charge in [-0.3, -0.25) is 0 Å². The summed E-state index contributed by atoms with van der Waals surface area (Å²) >= 11 is 1.45. The quantitative estimate of drug-likeness (QED) is 0.528. The van der Waals surface area contributed by atoms with Gasteiger partial charge in [-0.25, -0.2) is 9.18 Å². The van der Waals surface area contributed by atoms with Gasteiger partial charge in [0.15, 0.2) is 0 Å². The van der Waals surface area contributed by atoms with E-state index in [1.54, 1.807) is 24.3 Å². The van der Waals surface area contributed by atoms with E-state index in [1.807, 2.05) is 12.2 Å². The average Bonchev–Trinajstić information content (AvgIpc) is 2.56. The molecular formula is C15H9FO3S. The normalized spacial score (nSPS) is 12.2. The summed E-state index contributed by atoms with van der Waals surface area (Å²) < 4.78 is 17.9. The second-order valence-electron chi connectivity index (χ2n) is 4.19. The van der Waals surface area contributed by atoms with Gasteiger partial charge in [-0.2, -0.15) is 0 Å². The van der Waals surface area contributed by atoms with E-state index in [0.29, 0.717) is 0 Å². The monoisotopic (exact) mass is 288 g/mol. The molecule has 0 spiro atoms. The molecule has 1 aliphatic heterocycles. The zero-order valence-electron chi connectivity index (χ0n) is 10.2. The summed E-state index contributed by atoms with van der Waals surface area (Å²) in [5, 5.41) is 8.63. The van der Waals surface area contributed by atoms with Gasteiger partial charge in [0, 0.05) is 9.79 Å². The molecule has 0 saturated heterocycles. The SMILES string of the molecule is O=C(O)Oc1ccc2c(c1)Sc1ccc(F)cc1C=C2. The molecule has 0 saturated carbocycles. The summed E-state index contributed by atoms with van der Waals surface area (Å²) in [6.45, 7) is 0. The summed E-state index contributed by atoms with van der Waals surface area (Å²) in [5.74, 6) is -0.0161. The molecule has 5 heteroatoms. The highest BCUT2D eigenvalue weighted by molar-refractivity contribution is 7.99. The third-order valence-corrected chi connectivity index (χ3v) is 3.99. The number of benzene rings is 2. The van der Waals surface area contributed by atoms with E-state index >= 15 is 0 Å². The van der Waals surface area contributed by atoms with Crippen molar-refractivity contribution in [2.75, 3.05) is 0 Å². The van der Waals surface area contributed by atoms with E-state index in [9.17, 15) is 9.18 Å². The summed E-state index contributed by atoms with van der Waals surface area (Å²) in [4.78, 5) is 12.3. The summed E-state index contributed by atoms with van der Waals surface area (Å²) in [7, 11) is 0. The fourth-order valence-electron chi connectivity index (χ4n) is 1.95. The Labute approximate surface area is 118 Å². The van der Waals surface area contributed by atoms with Crippen molar-refractivity contribution < 1.29 is 19.0 Å². The lowest BCUT2D eigenvalue weighted by atomic mass is 10.1. The van der Waals surface area contributed by atoms with Gasteiger partial charge in [-0.05, 0) is 41.5 Å². The number of hydrogen-bond acceptors (Lipinski definition) is 3. The molecule has 1 N–H and O–H groups in total. The first-order valence-corrected chi connectivity index (χ1v) is 6.64. The van der Waals surface area contributed by atoms with Gasteiger partial charge >= 0.3 is 6.16 Å². The number of carbonyl (C=O) groups is 1. The Bertz CT molecular complexity index is 725. The highest BCUT2D eigenvalue weighted by Crippen LogP contribution is 2.39. The Kier molecular flexibility index (Phi) is 3.20. The molecule has 0 bridgehead atoms. The maximum Gasteiger partial charge on any atom is 0.511 e. The van der Waals surface area contributed by atoms with Crippen molar-refractivity contribution in [3.63, 3.8) is 0 Å². The van der Waals surface area contributed by atoms with Crippen LogP contribution in [0.3, 0.4) is 0 Å². The Morgan fingerprint density at radius 1 is 1.05 bits per heavy atom. The smallest absolute Gasteiger partial charge is 0.449 e. The molecule has 2 aromatic rings. The van der Waals surface area contributed by atoms with E-state index in [2.05, 4.69) is 4.74 Å². The van der Waals surface area contributed by atoms with E-state index < -0.39 is 6.16 Å². The van der Waals surface area contributed by atoms with Crippen LogP contribution in [0.25, 0.3) is 12.2 Å². The minimum Gasteiger partial charge on any atom is -0.449 e. The van der Waals surface area contributed by atoms with Crippen LogP contribution in [0.15, 0.2) is 46.2 Å². The van der Waals surface area contributed by atoms with E-state index in [1.165, 1.54) is 23.9 Å². The van der Waals surface area contributed by atoms with Crippen LogP contribution in [-0.4, -0.2) is 11.3 Å². The highest BCUT2D eigenvalue weighted by atomic mass is 32.2. The largest absolute Gasteiger partial charge is 0.511 e.